The second-order valence-electron chi connectivity index (χ2n) is 3.82. The smallest absolute Gasteiger partial charge is 0.213 e. The van der Waals surface area contributed by atoms with Crippen LogP contribution in [0, 0.1) is 5.92 Å². The Bertz CT molecular complexity index is 294. The van der Waals surface area contributed by atoms with Crippen LogP contribution in [0.1, 0.15) is 12.8 Å². The fraction of sp³-hybridized carbons (Fsp3) is 0.545. The van der Waals surface area contributed by atoms with Gasteiger partial charge in [-0.15, -0.1) is 0 Å². The molecule has 0 aromatic carbocycles. The van der Waals surface area contributed by atoms with Gasteiger partial charge in [-0.05, 0) is 18.9 Å². The first-order valence-electron chi connectivity index (χ1n) is 5.26. The minimum Gasteiger partial charge on any atom is -0.477 e. The zero-order valence-corrected chi connectivity index (χ0v) is 8.69. The van der Waals surface area contributed by atoms with Crippen molar-refractivity contribution < 1.29 is 9.47 Å². The van der Waals surface area contributed by atoms with E-state index in [0.717, 1.165) is 19.6 Å². The Hall–Kier alpha value is -1.29. The van der Waals surface area contributed by atoms with E-state index >= 15 is 0 Å². The second-order valence-corrected chi connectivity index (χ2v) is 3.82. The SMILES string of the molecule is Nc1ccc(OCC2CCCOC2)nc1. The molecule has 1 aromatic rings. The number of pyridine rings is 1. The van der Waals surface area contributed by atoms with Crippen LogP contribution < -0.4 is 10.5 Å². The lowest BCUT2D eigenvalue weighted by Crippen LogP contribution is -2.23. The van der Waals surface area contributed by atoms with Crippen molar-refractivity contribution in [2.75, 3.05) is 25.6 Å². The molecule has 1 aliphatic rings. The quantitative estimate of drug-likeness (QED) is 0.817. The molecular formula is C11H16N2O2. The van der Waals surface area contributed by atoms with E-state index in [2.05, 4.69) is 4.98 Å². The maximum absolute atomic E-state index is 5.55. The predicted octanol–water partition coefficient (Wildman–Crippen LogP) is 1.47. The first-order valence-corrected chi connectivity index (χ1v) is 5.26. The highest BCUT2D eigenvalue weighted by Gasteiger charge is 2.14. The molecular weight excluding hydrogens is 192 g/mol. The number of anilines is 1. The number of nitrogens with two attached hydrogens (primary N) is 1. The minimum absolute atomic E-state index is 0.498. The lowest BCUT2D eigenvalue weighted by atomic mass is 10.0. The summed E-state index contributed by atoms with van der Waals surface area (Å²) in [6, 6.07) is 3.58. The molecule has 0 bridgehead atoms. The molecule has 82 valence electrons. The Labute approximate surface area is 89.4 Å². The molecule has 1 aliphatic heterocycles. The molecule has 4 heteroatoms. The van der Waals surface area contributed by atoms with Gasteiger partial charge in [0.2, 0.25) is 5.88 Å². The van der Waals surface area contributed by atoms with Gasteiger partial charge in [0.1, 0.15) is 0 Å². The van der Waals surface area contributed by atoms with Gasteiger partial charge in [-0.2, -0.15) is 0 Å². The number of hydrogen-bond donors (Lipinski definition) is 1. The van der Waals surface area contributed by atoms with Crippen molar-refractivity contribution in [3.05, 3.63) is 18.3 Å². The molecule has 0 radical (unpaired) electrons. The maximum atomic E-state index is 5.55. The number of rotatable bonds is 3. The third kappa shape index (κ3) is 3.09. The van der Waals surface area contributed by atoms with Crippen LogP contribution in [0.5, 0.6) is 5.88 Å². The highest BCUT2D eigenvalue weighted by atomic mass is 16.5. The Morgan fingerprint density at radius 2 is 2.47 bits per heavy atom. The summed E-state index contributed by atoms with van der Waals surface area (Å²) >= 11 is 0. The Morgan fingerprint density at radius 1 is 1.53 bits per heavy atom. The molecule has 2 N–H and O–H groups in total. The zero-order valence-electron chi connectivity index (χ0n) is 8.69. The van der Waals surface area contributed by atoms with E-state index in [0.29, 0.717) is 24.1 Å². The van der Waals surface area contributed by atoms with Gasteiger partial charge in [-0.3, -0.25) is 0 Å². The Balaban J connectivity index is 1.79. The fourth-order valence-electron chi connectivity index (χ4n) is 1.62. The maximum Gasteiger partial charge on any atom is 0.213 e. The van der Waals surface area contributed by atoms with Gasteiger partial charge in [0.15, 0.2) is 0 Å². The predicted molar refractivity (Wildman–Crippen MR) is 57.7 cm³/mol. The summed E-state index contributed by atoms with van der Waals surface area (Å²) in [6.07, 6.45) is 3.91. The van der Waals surface area contributed by atoms with Crippen molar-refractivity contribution in [2.24, 2.45) is 5.92 Å². The van der Waals surface area contributed by atoms with Crippen LogP contribution in [0.15, 0.2) is 18.3 Å². The summed E-state index contributed by atoms with van der Waals surface area (Å²) in [5.74, 6) is 1.13. The van der Waals surface area contributed by atoms with Gasteiger partial charge >= 0.3 is 0 Å². The summed E-state index contributed by atoms with van der Waals surface area (Å²) in [4.78, 5) is 4.07. The normalized spacial score (nSPS) is 21.2. The van der Waals surface area contributed by atoms with Crippen molar-refractivity contribution >= 4 is 5.69 Å². The van der Waals surface area contributed by atoms with E-state index in [1.807, 2.05) is 0 Å². The third-order valence-electron chi connectivity index (χ3n) is 2.48. The van der Waals surface area contributed by atoms with Crippen LogP contribution >= 0.6 is 0 Å². The molecule has 0 spiro atoms. The molecule has 0 amide bonds. The highest BCUT2D eigenvalue weighted by Crippen LogP contribution is 2.15. The van der Waals surface area contributed by atoms with Gasteiger partial charge in [-0.25, -0.2) is 4.98 Å². The zero-order chi connectivity index (χ0) is 10.5. The highest BCUT2D eigenvalue weighted by molar-refractivity contribution is 5.35. The van der Waals surface area contributed by atoms with Gasteiger partial charge in [0.05, 0.1) is 25.1 Å². The number of nitrogen functional groups attached to an aromatic ring is 1. The minimum atomic E-state index is 0.498. The van der Waals surface area contributed by atoms with Crippen molar-refractivity contribution in [1.29, 1.82) is 0 Å². The van der Waals surface area contributed by atoms with Gasteiger partial charge < -0.3 is 15.2 Å². The standard InChI is InChI=1S/C11H16N2O2/c12-10-3-4-11(13-6-10)15-8-9-2-1-5-14-7-9/h3-4,6,9H,1-2,5,7-8,12H2. The second kappa shape index (κ2) is 4.98. The molecule has 0 saturated carbocycles. The van der Waals surface area contributed by atoms with Crippen LogP contribution in [-0.2, 0) is 4.74 Å². The lowest BCUT2D eigenvalue weighted by molar-refractivity contribution is 0.0344. The topological polar surface area (TPSA) is 57.4 Å². The van der Waals surface area contributed by atoms with E-state index in [-0.39, 0.29) is 0 Å². The molecule has 1 aromatic heterocycles. The summed E-state index contributed by atoms with van der Waals surface area (Å²) in [6.45, 7) is 2.36. The van der Waals surface area contributed by atoms with Crippen molar-refractivity contribution in [2.45, 2.75) is 12.8 Å². The summed E-state index contributed by atoms with van der Waals surface area (Å²) < 4.78 is 10.9. The summed E-state index contributed by atoms with van der Waals surface area (Å²) in [5, 5.41) is 0. The van der Waals surface area contributed by atoms with Crippen LogP contribution in [-0.4, -0.2) is 24.8 Å². The number of ether oxygens (including phenoxy) is 2. The first-order chi connectivity index (χ1) is 7.34. The number of aromatic nitrogens is 1. The van der Waals surface area contributed by atoms with Crippen LogP contribution in [0.4, 0.5) is 5.69 Å². The monoisotopic (exact) mass is 208 g/mol. The van der Waals surface area contributed by atoms with Crippen LogP contribution in [0.3, 0.4) is 0 Å². The average molecular weight is 208 g/mol. The van der Waals surface area contributed by atoms with Crippen molar-refractivity contribution in [3.8, 4) is 5.88 Å². The molecule has 0 aliphatic carbocycles. The van der Waals surface area contributed by atoms with Crippen LogP contribution in [0.2, 0.25) is 0 Å². The van der Waals surface area contributed by atoms with E-state index in [1.54, 1.807) is 18.3 Å². The molecule has 4 nitrogen and oxygen atoms in total. The average Bonchev–Trinajstić information content (AvgIpc) is 2.30. The molecule has 1 fully saturated rings. The third-order valence-corrected chi connectivity index (χ3v) is 2.48. The van der Waals surface area contributed by atoms with Gasteiger partial charge in [0.25, 0.3) is 0 Å². The first kappa shape index (κ1) is 10.2. The summed E-state index contributed by atoms with van der Waals surface area (Å²) in [7, 11) is 0. The summed E-state index contributed by atoms with van der Waals surface area (Å²) in [5.41, 5.74) is 6.18. The fourth-order valence-corrected chi connectivity index (χ4v) is 1.62. The molecule has 15 heavy (non-hydrogen) atoms. The molecule has 1 atom stereocenters. The number of hydrogen-bond acceptors (Lipinski definition) is 4. The largest absolute Gasteiger partial charge is 0.477 e. The van der Waals surface area contributed by atoms with E-state index in [1.165, 1.54) is 6.42 Å². The van der Waals surface area contributed by atoms with Gasteiger partial charge in [-0.1, -0.05) is 0 Å². The molecule has 2 rings (SSSR count). The lowest BCUT2D eigenvalue weighted by Gasteiger charge is -2.21. The number of nitrogens with zero attached hydrogens (tertiary/aromatic N) is 1. The molecule has 2 heterocycles. The Kier molecular flexibility index (Phi) is 3.40. The van der Waals surface area contributed by atoms with E-state index in [9.17, 15) is 0 Å². The molecule has 1 unspecified atom stereocenters. The Morgan fingerprint density at radius 3 is 3.13 bits per heavy atom. The van der Waals surface area contributed by atoms with Gasteiger partial charge in [0, 0.05) is 18.6 Å². The van der Waals surface area contributed by atoms with Crippen molar-refractivity contribution in [3.63, 3.8) is 0 Å². The van der Waals surface area contributed by atoms with Crippen molar-refractivity contribution in [1.82, 2.24) is 4.98 Å². The van der Waals surface area contributed by atoms with E-state index < -0.39 is 0 Å². The molecule has 1 saturated heterocycles. The van der Waals surface area contributed by atoms with E-state index in [4.69, 9.17) is 15.2 Å². The van der Waals surface area contributed by atoms with Crippen LogP contribution in [0.25, 0.3) is 0 Å².